The summed E-state index contributed by atoms with van der Waals surface area (Å²) < 4.78 is 2.99. The zero-order chi connectivity index (χ0) is 10.2. The Hall–Kier alpha value is 1.42. The Balaban J connectivity index is 3.56. The third-order valence-electron chi connectivity index (χ3n) is 1.46. The van der Waals surface area contributed by atoms with E-state index < -0.39 is 0 Å². The van der Waals surface area contributed by atoms with Crippen molar-refractivity contribution in [1.82, 2.24) is 0 Å². The number of aromatic hydroxyl groups is 1. The van der Waals surface area contributed by atoms with E-state index in [1.165, 1.54) is 0 Å². The van der Waals surface area contributed by atoms with E-state index >= 15 is 0 Å². The van der Waals surface area contributed by atoms with Crippen LogP contribution >= 0.6 is 79.6 Å². The Morgan fingerprint density at radius 2 is 1.23 bits per heavy atom. The van der Waals surface area contributed by atoms with Crippen LogP contribution in [0.15, 0.2) is 17.9 Å². The Morgan fingerprint density at radius 1 is 0.846 bits per heavy atom. The molecule has 0 atom stereocenters. The lowest BCUT2D eigenvalue weighted by Crippen LogP contribution is -1.87. The van der Waals surface area contributed by atoms with Crippen molar-refractivity contribution in [2.45, 2.75) is 5.33 Å². The van der Waals surface area contributed by atoms with Crippen LogP contribution in [0.1, 0.15) is 5.56 Å². The molecule has 1 aromatic rings. The van der Waals surface area contributed by atoms with Crippen LogP contribution in [0.4, 0.5) is 0 Å². The van der Waals surface area contributed by atoms with Gasteiger partial charge >= 0.3 is 0 Å². The number of alkyl halides is 1. The van der Waals surface area contributed by atoms with Crippen LogP contribution in [0.5, 0.6) is 5.75 Å². The fourth-order valence-electron chi connectivity index (χ4n) is 0.783. The van der Waals surface area contributed by atoms with Gasteiger partial charge in [0.1, 0.15) is 5.75 Å². The van der Waals surface area contributed by atoms with Gasteiger partial charge in [-0.3, -0.25) is 0 Å². The molecular weight excluding hydrogens is 500 g/mol. The molecule has 0 amide bonds. The number of hydrogen-bond donors (Lipinski definition) is 1. The molecule has 0 saturated carbocycles. The molecule has 0 aliphatic heterocycles. The SMILES string of the molecule is Oc1c(Br)c(Br)c(CBr)c(Br)c1Br. The van der Waals surface area contributed by atoms with Crippen molar-refractivity contribution in [2.24, 2.45) is 0 Å². The van der Waals surface area contributed by atoms with Gasteiger partial charge in [-0.15, -0.1) is 0 Å². The first-order valence-corrected chi connectivity index (χ1v) is 7.39. The second-order valence-electron chi connectivity index (χ2n) is 2.22. The van der Waals surface area contributed by atoms with Gasteiger partial charge in [0.15, 0.2) is 0 Å². The van der Waals surface area contributed by atoms with Crippen LogP contribution in [0.2, 0.25) is 0 Å². The maximum absolute atomic E-state index is 9.62. The van der Waals surface area contributed by atoms with E-state index in [0.717, 1.165) is 14.5 Å². The van der Waals surface area contributed by atoms with E-state index in [9.17, 15) is 5.11 Å². The summed E-state index contributed by atoms with van der Waals surface area (Å²) in [6.07, 6.45) is 0. The van der Waals surface area contributed by atoms with Gasteiger partial charge in [-0.25, -0.2) is 0 Å². The van der Waals surface area contributed by atoms with Crippen molar-refractivity contribution in [3.05, 3.63) is 23.5 Å². The molecule has 0 radical (unpaired) electrons. The van der Waals surface area contributed by atoms with E-state index in [4.69, 9.17) is 0 Å². The van der Waals surface area contributed by atoms with Gasteiger partial charge in [-0.2, -0.15) is 0 Å². The topological polar surface area (TPSA) is 20.2 Å². The van der Waals surface area contributed by atoms with E-state index in [1.807, 2.05) is 0 Å². The predicted molar refractivity (Wildman–Crippen MR) is 71.5 cm³/mol. The van der Waals surface area contributed by atoms with Crippen molar-refractivity contribution in [3.63, 3.8) is 0 Å². The van der Waals surface area contributed by atoms with E-state index in [-0.39, 0.29) is 5.75 Å². The highest BCUT2D eigenvalue weighted by atomic mass is 79.9. The highest BCUT2D eigenvalue weighted by Gasteiger charge is 2.17. The van der Waals surface area contributed by atoms with Gasteiger partial charge in [0, 0.05) is 14.3 Å². The molecule has 13 heavy (non-hydrogen) atoms. The van der Waals surface area contributed by atoms with Crippen molar-refractivity contribution in [3.8, 4) is 5.75 Å². The highest BCUT2D eigenvalue weighted by Crippen LogP contribution is 2.46. The van der Waals surface area contributed by atoms with Crippen LogP contribution in [0.3, 0.4) is 0 Å². The van der Waals surface area contributed by atoms with Crippen LogP contribution in [-0.4, -0.2) is 5.11 Å². The second kappa shape index (κ2) is 4.96. The molecular formula is C7H3Br5O. The summed E-state index contributed by atoms with van der Waals surface area (Å²) in [5.74, 6) is 0.184. The van der Waals surface area contributed by atoms with Gasteiger partial charge in [-0.05, 0) is 69.3 Å². The molecule has 72 valence electrons. The summed E-state index contributed by atoms with van der Waals surface area (Å²) in [5, 5.41) is 10.3. The van der Waals surface area contributed by atoms with Crippen LogP contribution < -0.4 is 0 Å². The average Bonchev–Trinajstić information content (AvgIpc) is 2.13. The molecule has 0 spiro atoms. The van der Waals surface area contributed by atoms with Crippen LogP contribution in [0, 0.1) is 0 Å². The smallest absolute Gasteiger partial charge is 0.146 e. The molecule has 6 heteroatoms. The number of phenolic OH excluding ortho intramolecular Hbond substituents is 1. The number of benzene rings is 1. The molecule has 1 aromatic carbocycles. The summed E-state index contributed by atoms with van der Waals surface area (Å²) in [6, 6.07) is 0. The van der Waals surface area contributed by atoms with Crippen LogP contribution in [-0.2, 0) is 5.33 Å². The number of hydrogen-bond acceptors (Lipinski definition) is 1. The molecule has 1 nitrogen and oxygen atoms in total. The molecule has 0 saturated heterocycles. The first-order chi connectivity index (χ1) is 6.00. The van der Waals surface area contributed by atoms with Crippen molar-refractivity contribution >= 4 is 79.6 Å². The molecule has 0 aliphatic rings. The van der Waals surface area contributed by atoms with Gasteiger partial charge in [0.2, 0.25) is 0 Å². The van der Waals surface area contributed by atoms with Crippen molar-refractivity contribution < 1.29 is 5.11 Å². The largest absolute Gasteiger partial charge is 0.505 e. The first-order valence-electron chi connectivity index (χ1n) is 3.10. The zero-order valence-corrected chi connectivity index (χ0v) is 14.0. The fraction of sp³-hybridized carbons (Fsp3) is 0.143. The Morgan fingerprint density at radius 3 is 1.54 bits per heavy atom. The second-order valence-corrected chi connectivity index (χ2v) is 5.95. The molecule has 0 fully saturated rings. The van der Waals surface area contributed by atoms with Crippen LogP contribution in [0.25, 0.3) is 0 Å². The Kier molecular flexibility index (Phi) is 4.77. The summed E-state index contributed by atoms with van der Waals surface area (Å²) in [4.78, 5) is 0. The van der Waals surface area contributed by atoms with Crippen molar-refractivity contribution in [2.75, 3.05) is 0 Å². The van der Waals surface area contributed by atoms with Gasteiger partial charge in [0.05, 0.1) is 8.95 Å². The number of phenols is 1. The number of rotatable bonds is 1. The minimum absolute atomic E-state index is 0.184. The van der Waals surface area contributed by atoms with E-state index in [2.05, 4.69) is 79.6 Å². The highest BCUT2D eigenvalue weighted by molar-refractivity contribution is 9.14. The lowest BCUT2D eigenvalue weighted by Gasteiger charge is -2.10. The monoisotopic (exact) mass is 498 g/mol. The molecule has 0 bridgehead atoms. The fourth-order valence-corrected chi connectivity index (χ4v) is 4.56. The summed E-state index contributed by atoms with van der Waals surface area (Å²) in [6.45, 7) is 0. The minimum atomic E-state index is 0.184. The minimum Gasteiger partial charge on any atom is -0.505 e. The van der Waals surface area contributed by atoms with E-state index in [0.29, 0.717) is 14.3 Å². The summed E-state index contributed by atoms with van der Waals surface area (Å²) in [5.41, 5.74) is 1.04. The quantitative estimate of drug-likeness (QED) is 0.406. The zero-order valence-electron chi connectivity index (χ0n) is 6.04. The Labute approximate surface area is 118 Å². The average molecular weight is 503 g/mol. The van der Waals surface area contributed by atoms with Gasteiger partial charge < -0.3 is 5.11 Å². The molecule has 0 aliphatic carbocycles. The van der Waals surface area contributed by atoms with Crippen molar-refractivity contribution in [1.29, 1.82) is 0 Å². The lowest BCUT2D eigenvalue weighted by molar-refractivity contribution is 0.467. The maximum Gasteiger partial charge on any atom is 0.146 e. The molecule has 1 N–H and O–H groups in total. The Bertz CT molecular complexity index is 320. The molecule has 1 rings (SSSR count). The third kappa shape index (κ3) is 2.33. The summed E-state index contributed by atoms with van der Waals surface area (Å²) in [7, 11) is 0. The maximum atomic E-state index is 9.62. The first kappa shape index (κ1) is 12.5. The molecule has 0 heterocycles. The molecule has 0 aromatic heterocycles. The van der Waals surface area contributed by atoms with E-state index in [1.54, 1.807) is 0 Å². The predicted octanol–water partition coefficient (Wildman–Crippen LogP) is 5.34. The number of halogens is 5. The summed E-state index contributed by atoms with van der Waals surface area (Å²) >= 11 is 16.7. The van der Waals surface area contributed by atoms with Gasteiger partial charge in [-0.1, -0.05) is 15.9 Å². The molecule has 0 unspecified atom stereocenters. The standard InChI is InChI=1S/C7H3Br5O/c8-1-2-3(9)5(11)7(13)6(12)4(2)10/h13H,1H2. The van der Waals surface area contributed by atoms with Gasteiger partial charge in [0.25, 0.3) is 0 Å². The lowest BCUT2D eigenvalue weighted by atomic mass is 10.2. The normalized spacial score (nSPS) is 10.5. The third-order valence-corrected chi connectivity index (χ3v) is 6.38.